The maximum Gasteiger partial charge on any atom is 0.244 e. The SMILES string of the molecule is CC(Nc1nc2ccc(Br)cc2s1)C(=O)N1CCCCC1. The van der Waals surface area contributed by atoms with Gasteiger partial charge >= 0.3 is 0 Å². The van der Waals surface area contributed by atoms with Crippen LogP contribution in [0.1, 0.15) is 26.2 Å². The van der Waals surface area contributed by atoms with Crippen LogP contribution in [-0.4, -0.2) is 34.9 Å². The molecule has 1 saturated heterocycles. The van der Waals surface area contributed by atoms with Crippen LogP contribution in [0.3, 0.4) is 0 Å². The van der Waals surface area contributed by atoms with E-state index in [-0.39, 0.29) is 11.9 Å². The number of likely N-dealkylation sites (tertiary alicyclic amines) is 1. The lowest BCUT2D eigenvalue weighted by molar-refractivity contribution is -0.132. The molecule has 4 nitrogen and oxygen atoms in total. The Balaban J connectivity index is 1.70. The normalized spacial score (nSPS) is 17.0. The average molecular weight is 368 g/mol. The fraction of sp³-hybridized carbons (Fsp3) is 0.467. The highest BCUT2D eigenvalue weighted by atomic mass is 79.9. The van der Waals surface area contributed by atoms with E-state index >= 15 is 0 Å². The Bertz CT molecular complexity index is 651. The molecule has 1 fully saturated rings. The second-order valence-electron chi connectivity index (χ2n) is 5.38. The molecule has 0 bridgehead atoms. The van der Waals surface area contributed by atoms with Crippen LogP contribution in [0, 0.1) is 0 Å². The average Bonchev–Trinajstić information content (AvgIpc) is 2.88. The molecule has 21 heavy (non-hydrogen) atoms. The first kappa shape index (κ1) is 14.8. The summed E-state index contributed by atoms with van der Waals surface area (Å²) >= 11 is 5.05. The maximum atomic E-state index is 12.4. The van der Waals surface area contributed by atoms with E-state index in [2.05, 4.69) is 32.3 Å². The Morgan fingerprint density at radius 1 is 1.38 bits per heavy atom. The quantitative estimate of drug-likeness (QED) is 0.895. The van der Waals surface area contributed by atoms with Gasteiger partial charge in [-0.1, -0.05) is 27.3 Å². The van der Waals surface area contributed by atoms with E-state index < -0.39 is 0 Å². The number of carbonyl (C=O) groups excluding carboxylic acids is 1. The van der Waals surface area contributed by atoms with Crippen LogP contribution >= 0.6 is 27.3 Å². The van der Waals surface area contributed by atoms with Crippen LogP contribution in [-0.2, 0) is 4.79 Å². The van der Waals surface area contributed by atoms with E-state index in [1.807, 2.05) is 24.0 Å². The first-order chi connectivity index (χ1) is 10.1. The predicted octanol–water partition coefficient (Wildman–Crippen LogP) is 3.87. The van der Waals surface area contributed by atoms with E-state index in [4.69, 9.17) is 0 Å². The Kier molecular flexibility index (Phi) is 4.45. The van der Waals surface area contributed by atoms with Crippen molar-refractivity contribution in [1.82, 2.24) is 9.88 Å². The number of anilines is 1. The summed E-state index contributed by atoms with van der Waals surface area (Å²) < 4.78 is 2.16. The molecule has 1 aliphatic rings. The number of nitrogens with one attached hydrogen (secondary N) is 1. The van der Waals surface area contributed by atoms with Crippen molar-refractivity contribution in [3.63, 3.8) is 0 Å². The second kappa shape index (κ2) is 6.32. The molecular formula is C15H18BrN3OS. The van der Waals surface area contributed by atoms with Crippen LogP contribution < -0.4 is 5.32 Å². The molecule has 0 radical (unpaired) electrons. The number of thiazole rings is 1. The van der Waals surface area contributed by atoms with Crippen molar-refractivity contribution in [2.24, 2.45) is 0 Å². The molecule has 1 amide bonds. The molecule has 2 aromatic rings. The van der Waals surface area contributed by atoms with Crippen molar-refractivity contribution in [1.29, 1.82) is 0 Å². The number of hydrogen-bond donors (Lipinski definition) is 1. The lowest BCUT2D eigenvalue weighted by Gasteiger charge is -2.29. The molecule has 1 aliphatic heterocycles. The zero-order valence-corrected chi connectivity index (χ0v) is 14.3. The van der Waals surface area contributed by atoms with Gasteiger partial charge in [0.1, 0.15) is 6.04 Å². The summed E-state index contributed by atoms with van der Waals surface area (Å²) in [7, 11) is 0. The van der Waals surface area contributed by atoms with E-state index in [1.165, 1.54) is 6.42 Å². The molecule has 112 valence electrons. The summed E-state index contributed by atoms with van der Waals surface area (Å²) in [6, 6.07) is 5.79. The number of rotatable bonds is 3. The monoisotopic (exact) mass is 367 g/mol. The fourth-order valence-electron chi connectivity index (χ4n) is 2.60. The molecule has 0 saturated carbocycles. The number of piperidine rings is 1. The highest BCUT2D eigenvalue weighted by Gasteiger charge is 2.22. The van der Waals surface area contributed by atoms with Gasteiger partial charge in [-0.2, -0.15) is 0 Å². The Morgan fingerprint density at radius 3 is 2.90 bits per heavy atom. The number of halogens is 1. The lowest BCUT2D eigenvalue weighted by atomic mass is 10.1. The predicted molar refractivity (Wildman–Crippen MR) is 90.8 cm³/mol. The van der Waals surface area contributed by atoms with E-state index in [1.54, 1.807) is 11.3 Å². The highest BCUT2D eigenvalue weighted by molar-refractivity contribution is 9.10. The summed E-state index contributed by atoms with van der Waals surface area (Å²) in [6.45, 7) is 3.69. The molecule has 1 N–H and O–H groups in total. The molecule has 1 atom stereocenters. The lowest BCUT2D eigenvalue weighted by Crippen LogP contribution is -2.43. The molecule has 3 rings (SSSR count). The molecule has 2 heterocycles. The van der Waals surface area contributed by atoms with Crippen LogP contribution in [0.25, 0.3) is 10.2 Å². The molecule has 1 unspecified atom stereocenters. The molecule has 1 aromatic carbocycles. The van der Waals surface area contributed by atoms with Crippen molar-refractivity contribution in [2.45, 2.75) is 32.2 Å². The van der Waals surface area contributed by atoms with Gasteiger partial charge in [0.2, 0.25) is 5.91 Å². The van der Waals surface area contributed by atoms with Crippen molar-refractivity contribution >= 4 is 48.5 Å². The van der Waals surface area contributed by atoms with Gasteiger partial charge in [0.15, 0.2) is 5.13 Å². The minimum absolute atomic E-state index is 0.176. The second-order valence-corrected chi connectivity index (χ2v) is 7.33. The van der Waals surface area contributed by atoms with Crippen molar-refractivity contribution in [3.05, 3.63) is 22.7 Å². The molecule has 0 aliphatic carbocycles. The van der Waals surface area contributed by atoms with Crippen LogP contribution in [0.2, 0.25) is 0 Å². The Morgan fingerprint density at radius 2 is 2.14 bits per heavy atom. The number of amides is 1. The molecular weight excluding hydrogens is 350 g/mol. The van der Waals surface area contributed by atoms with E-state index in [0.29, 0.717) is 0 Å². The number of fused-ring (bicyclic) bond motifs is 1. The zero-order valence-electron chi connectivity index (χ0n) is 11.9. The number of aromatic nitrogens is 1. The van der Waals surface area contributed by atoms with Crippen molar-refractivity contribution in [3.8, 4) is 0 Å². The minimum Gasteiger partial charge on any atom is -0.350 e. The van der Waals surface area contributed by atoms with Crippen LogP contribution in [0.4, 0.5) is 5.13 Å². The topological polar surface area (TPSA) is 45.2 Å². The molecule has 1 aromatic heterocycles. The van der Waals surface area contributed by atoms with Gasteiger partial charge in [-0.3, -0.25) is 4.79 Å². The van der Waals surface area contributed by atoms with Crippen LogP contribution in [0.15, 0.2) is 22.7 Å². The summed E-state index contributed by atoms with van der Waals surface area (Å²) in [4.78, 5) is 18.9. The largest absolute Gasteiger partial charge is 0.350 e. The van der Waals surface area contributed by atoms with Gasteiger partial charge in [0.05, 0.1) is 10.2 Å². The van der Waals surface area contributed by atoms with Crippen molar-refractivity contribution in [2.75, 3.05) is 18.4 Å². The highest BCUT2D eigenvalue weighted by Crippen LogP contribution is 2.29. The Hall–Kier alpha value is -1.14. The van der Waals surface area contributed by atoms with Crippen LogP contribution in [0.5, 0.6) is 0 Å². The number of carbonyl (C=O) groups is 1. The summed E-state index contributed by atoms with van der Waals surface area (Å²) in [5.41, 5.74) is 0.961. The smallest absolute Gasteiger partial charge is 0.244 e. The third-order valence-corrected chi connectivity index (χ3v) is 5.17. The van der Waals surface area contributed by atoms with E-state index in [0.717, 1.165) is 45.8 Å². The fourth-order valence-corrected chi connectivity index (χ4v) is 4.10. The first-order valence-electron chi connectivity index (χ1n) is 7.25. The van der Waals surface area contributed by atoms with Gasteiger partial charge in [0, 0.05) is 17.6 Å². The minimum atomic E-state index is -0.230. The summed E-state index contributed by atoms with van der Waals surface area (Å²) in [5, 5.41) is 4.06. The molecule has 6 heteroatoms. The van der Waals surface area contributed by atoms with Gasteiger partial charge in [-0.15, -0.1) is 0 Å². The number of hydrogen-bond acceptors (Lipinski definition) is 4. The van der Waals surface area contributed by atoms with Gasteiger partial charge in [-0.05, 0) is 44.4 Å². The Labute approximate surface area is 136 Å². The van der Waals surface area contributed by atoms with Gasteiger partial charge in [0.25, 0.3) is 0 Å². The maximum absolute atomic E-state index is 12.4. The zero-order chi connectivity index (χ0) is 14.8. The molecule has 0 spiro atoms. The van der Waals surface area contributed by atoms with Gasteiger partial charge < -0.3 is 10.2 Å². The summed E-state index contributed by atoms with van der Waals surface area (Å²) in [5.74, 6) is 0.176. The third kappa shape index (κ3) is 3.37. The third-order valence-electron chi connectivity index (χ3n) is 3.73. The standard InChI is InChI=1S/C15H18BrN3OS/c1-10(14(20)19-7-3-2-4-8-19)17-15-18-12-6-5-11(16)9-13(12)21-15/h5-6,9-10H,2-4,7-8H2,1H3,(H,17,18). The number of nitrogens with zero attached hydrogens (tertiary/aromatic N) is 2. The van der Waals surface area contributed by atoms with Crippen molar-refractivity contribution < 1.29 is 4.79 Å². The van der Waals surface area contributed by atoms with E-state index in [9.17, 15) is 4.79 Å². The summed E-state index contributed by atoms with van der Waals surface area (Å²) in [6.07, 6.45) is 3.47. The van der Waals surface area contributed by atoms with Gasteiger partial charge in [-0.25, -0.2) is 4.98 Å². The first-order valence-corrected chi connectivity index (χ1v) is 8.86. The number of benzene rings is 1.